The van der Waals surface area contributed by atoms with Crippen molar-refractivity contribution in [2.45, 2.75) is 31.8 Å². The van der Waals surface area contributed by atoms with Crippen LogP contribution in [0.4, 0.5) is 5.69 Å². The summed E-state index contributed by atoms with van der Waals surface area (Å²) in [6, 6.07) is 14.5. The summed E-state index contributed by atoms with van der Waals surface area (Å²) in [7, 11) is 0. The van der Waals surface area contributed by atoms with Crippen LogP contribution in [0.2, 0.25) is 5.02 Å². The first kappa shape index (κ1) is 20.6. The molecule has 2 atom stereocenters. The predicted molar refractivity (Wildman–Crippen MR) is 116 cm³/mol. The number of aromatic nitrogens is 2. The number of hydrogen-bond acceptors (Lipinski definition) is 3. The first-order valence-electron chi connectivity index (χ1n) is 9.46. The monoisotopic (exact) mass is 445 g/mol. The Morgan fingerprint density at radius 2 is 2.00 bits per heavy atom. The Bertz CT molecular complexity index is 1100. The summed E-state index contributed by atoms with van der Waals surface area (Å²) in [5.74, 6) is -0.970. The Morgan fingerprint density at radius 1 is 1.23 bits per heavy atom. The summed E-state index contributed by atoms with van der Waals surface area (Å²) in [6.07, 6.45) is 3.76. The van der Waals surface area contributed by atoms with Crippen molar-refractivity contribution in [1.29, 1.82) is 0 Å². The summed E-state index contributed by atoms with van der Waals surface area (Å²) in [5, 5.41) is 13.9. The van der Waals surface area contributed by atoms with Crippen molar-refractivity contribution in [3.05, 3.63) is 71.0 Å². The quantitative estimate of drug-likeness (QED) is 0.551. The van der Waals surface area contributed by atoms with Gasteiger partial charge in [-0.15, -0.1) is 0 Å². The number of carboxylic acid groups (broad SMARTS) is 1. The lowest BCUT2D eigenvalue weighted by molar-refractivity contribution is -0.137. The number of hydrogen-bond donors (Lipinski definition) is 2. The van der Waals surface area contributed by atoms with E-state index in [1.165, 1.54) is 8.99 Å². The molecule has 156 valence electrons. The smallest absolute Gasteiger partial charge is 0.325 e. The minimum absolute atomic E-state index is 0.224. The maximum atomic E-state index is 12.3. The fourth-order valence-corrected chi connectivity index (χ4v) is 4.88. The summed E-state index contributed by atoms with van der Waals surface area (Å²) in [4.78, 5) is 11.1. The van der Waals surface area contributed by atoms with Gasteiger partial charge in [-0.3, -0.25) is 18.3 Å². The Balaban J connectivity index is 1.67. The van der Waals surface area contributed by atoms with Crippen molar-refractivity contribution in [3.8, 4) is 11.1 Å². The molecular formula is C21H20ClN3O4S. The second-order valence-electron chi connectivity index (χ2n) is 7.12. The third-order valence-corrected chi connectivity index (χ3v) is 6.28. The van der Waals surface area contributed by atoms with E-state index in [2.05, 4.69) is 5.10 Å². The molecule has 1 aliphatic rings. The van der Waals surface area contributed by atoms with Crippen molar-refractivity contribution < 1.29 is 18.7 Å². The summed E-state index contributed by atoms with van der Waals surface area (Å²) < 4.78 is 25.3. The fourth-order valence-electron chi connectivity index (χ4n) is 3.95. The highest BCUT2D eigenvalue weighted by Gasteiger charge is 2.32. The van der Waals surface area contributed by atoms with Crippen LogP contribution >= 0.6 is 11.6 Å². The zero-order valence-corrected chi connectivity index (χ0v) is 17.5. The molecule has 0 saturated heterocycles. The van der Waals surface area contributed by atoms with E-state index in [0.717, 1.165) is 28.8 Å². The van der Waals surface area contributed by atoms with Crippen molar-refractivity contribution in [3.63, 3.8) is 0 Å². The van der Waals surface area contributed by atoms with E-state index in [4.69, 9.17) is 16.7 Å². The maximum absolute atomic E-state index is 12.3. The van der Waals surface area contributed by atoms with Crippen LogP contribution in [0, 0.1) is 0 Å². The van der Waals surface area contributed by atoms with Gasteiger partial charge in [0, 0.05) is 16.3 Å². The molecule has 1 aliphatic carbocycles. The van der Waals surface area contributed by atoms with Gasteiger partial charge in [-0.2, -0.15) is 5.10 Å². The molecular weight excluding hydrogens is 426 g/mol. The summed E-state index contributed by atoms with van der Waals surface area (Å²) in [6.45, 7) is -0.224. The van der Waals surface area contributed by atoms with Crippen LogP contribution in [0.25, 0.3) is 11.1 Å². The van der Waals surface area contributed by atoms with Crippen LogP contribution in [0.3, 0.4) is 0 Å². The average molecular weight is 446 g/mol. The van der Waals surface area contributed by atoms with Crippen LogP contribution in [0.5, 0.6) is 0 Å². The molecule has 2 aromatic carbocycles. The van der Waals surface area contributed by atoms with Gasteiger partial charge >= 0.3 is 5.97 Å². The summed E-state index contributed by atoms with van der Waals surface area (Å²) >= 11 is 3.82. The Hall–Kier alpha value is -2.68. The lowest BCUT2D eigenvalue weighted by atomic mass is 9.92. The standard InChI is InChI=1S/C21H20ClN3O4S/c22-16-4-1-3-15(11-16)14-7-9-17(10-8-14)25(30(28)29)20-6-2-5-19-18(20)12-23-24(19)13-21(26)27/h1,3-4,7-12,20H,2,5-6,13H2,(H,26,27)(H,28,29). The number of fused-ring (bicyclic) bond motifs is 1. The second kappa shape index (κ2) is 8.59. The van der Waals surface area contributed by atoms with Crippen molar-refractivity contribution >= 4 is 34.5 Å². The molecule has 30 heavy (non-hydrogen) atoms. The zero-order valence-electron chi connectivity index (χ0n) is 15.9. The van der Waals surface area contributed by atoms with Crippen LogP contribution in [-0.2, 0) is 29.0 Å². The van der Waals surface area contributed by atoms with Crippen LogP contribution in [0.15, 0.2) is 54.7 Å². The van der Waals surface area contributed by atoms with E-state index in [1.807, 2.05) is 30.3 Å². The predicted octanol–water partition coefficient (Wildman–Crippen LogP) is 4.31. The van der Waals surface area contributed by atoms with Gasteiger partial charge in [-0.05, 0) is 54.7 Å². The topological polar surface area (TPSA) is 95.7 Å². The normalized spacial score (nSPS) is 16.7. The fraction of sp³-hybridized carbons (Fsp3) is 0.238. The number of aliphatic carboxylic acids is 1. The third kappa shape index (κ3) is 4.12. The molecule has 9 heteroatoms. The molecule has 0 spiro atoms. The highest BCUT2D eigenvalue weighted by atomic mass is 35.5. The number of benzene rings is 2. The molecule has 2 N–H and O–H groups in total. The number of rotatable bonds is 6. The van der Waals surface area contributed by atoms with Gasteiger partial charge in [-0.25, -0.2) is 4.21 Å². The molecule has 3 aromatic rings. The van der Waals surface area contributed by atoms with Crippen LogP contribution in [0.1, 0.15) is 30.1 Å². The first-order chi connectivity index (χ1) is 14.4. The van der Waals surface area contributed by atoms with Crippen molar-refractivity contribution in [2.24, 2.45) is 0 Å². The lowest BCUT2D eigenvalue weighted by Gasteiger charge is -2.33. The van der Waals surface area contributed by atoms with Gasteiger partial charge in [-0.1, -0.05) is 35.9 Å². The molecule has 0 amide bonds. The maximum Gasteiger partial charge on any atom is 0.325 e. The van der Waals surface area contributed by atoms with E-state index in [9.17, 15) is 13.6 Å². The largest absolute Gasteiger partial charge is 0.480 e. The zero-order chi connectivity index (χ0) is 21.3. The molecule has 0 radical (unpaired) electrons. The minimum Gasteiger partial charge on any atom is -0.480 e. The number of halogens is 1. The number of carboxylic acids is 1. The Morgan fingerprint density at radius 3 is 2.67 bits per heavy atom. The molecule has 0 fully saturated rings. The number of anilines is 1. The molecule has 2 unspecified atom stereocenters. The van der Waals surface area contributed by atoms with Gasteiger partial charge in [0.1, 0.15) is 6.54 Å². The molecule has 0 saturated carbocycles. The van der Waals surface area contributed by atoms with E-state index in [-0.39, 0.29) is 12.6 Å². The number of nitrogens with zero attached hydrogens (tertiary/aromatic N) is 3. The first-order valence-corrected chi connectivity index (χ1v) is 10.9. The molecule has 0 bridgehead atoms. The lowest BCUT2D eigenvalue weighted by Crippen LogP contribution is -2.33. The van der Waals surface area contributed by atoms with E-state index < -0.39 is 17.2 Å². The van der Waals surface area contributed by atoms with Gasteiger partial charge in [0.25, 0.3) is 11.3 Å². The van der Waals surface area contributed by atoms with E-state index in [0.29, 0.717) is 23.6 Å². The summed E-state index contributed by atoms with van der Waals surface area (Å²) in [5.41, 5.74) is 4.11. The second-order valence-corrected chi connectivity index (χ2v) is 8.41. The van der Waals surface area contributed by atoms with E-state index >= 15 is 0 Å². The minimum atomic E-state index is -2.26. The molecule has 4 rings (SSSR count). The molecule has 7 nitrogen and oxygen atoms in total. The van der Waals surface area contributed by atoms with Crippen molar-refractivity contribution in [1.82, 2.24) is 9.78 Å². The highest BCUT2D eigenvalue weighted by Crippen LogP contribution is 2.38. The van der Waals surface area contributed by atoms with Crippen molar-refractivity contribution in [2.75, 3.05) is 4.31 Å². The van der Waals surface area contributed by atoms with Gasteiger partial charge in [0.05, 0.1) is 17.9 Å². The van der Waals surface area contributed by atoms with Gasteiger partial charge in [0.2, 0.25) is 0 Å². The third-order valence-electron chi connectivity index (χ3n) is 5.25. The Kier molecular flexibility index (Phi) is 5.90. The average Bonchev–Trinajstić information content (AvgIpc) is 3.11. The van der Waals surface area contributed by atoms with Gasteiger partial charge in [0.15, 0.2) is 0 Å². The molecule has 1 aromatic heterocycles. The number of carbonyl (C=O) groups is 1. The van der Waals surface area contributed by atoms with Crippen LogP contribution in [-0.4, -0.2) is 29.6 Å². The molecule has 0 aliphatic heterocycles. The van der Waals surface area contributed by atoms with Crippen LogP contribution < -0.4 is 4.31 Å². The SMILES string of the molecule is O=C(O)Cn1ncc2c1CCCC2N(c1ccc(-c2cccc(Cl)c2)cc1)S(=O)O. The molecule has 1 heterocycles. The Labute approximate surface area is 181 Å². The van der Waals surface area contributed by atoms with E-state index in [1.54, 1.807) is 24.4 Å². The highest BCUT2D eigenvalue weighted by molar-refractivity contribution is 7.80. The van der Waals surface area contributed by atoms with Gasteiger partial charge < -0.3 is 5.11 Å².